The van der Waals surface area contributed by atoms with Gasteiger partial charge in [-0.25, -0.2) is 0 Å². The molecule has 0 radical (unpaired) electrons. The van der Waals surface area contributed by atoms with Gasteiger partial charge in [0.15, 0.2) is 0 Å². The normalized spacial score (nSPS) is 11.0. The summed E-state index contributed by atoms with van der Waals surface area (Å²) in [5.41, 5.74) is 4.73. The topological polar surface area (TPSA) is 34.9 Å². The third-order valence-electron chi connectivity index (χ3n) is 5.94. The van der Waals surface area contributed by atoms with Gasteiger partial charge in [-0.15, -0.1) is 0 Å². The predicted molar refractivity (Wildman–Crippen MR) is 135 cm³/mol. The van der Waals surface area contributed by atoms with Crippen LogP contribution >= 0.6 is 0 Å². The highest BCUT2D eigenvalue weighted by Gasteiger charge is 2.18. The SMILES string of the molecule is CCCCC#Cc1c(CCCC)c2cc(C)ccc2c(=O)n1-c1cccc2cccnc12. The number of para-hydroxylation sites is 1. The van der Waals surface area contributed by atoms with Crippen molar-refractivity contribution in [1.82, 2.24) is 9.55 Å². The third kappa shape index (κ3) is 4.18. The van der Waals surface area contributed by atoms with Crippen molar-refractivity contribution < 1.29 is 0 Å². The van der Waals surface area contributed by atoms with Crippen LogP contribution in [0, 0.1) is 18.8 Å². The summed E-state index contributed by atoms with van der Waals surface area (Å²) in [4.78, 5) is 18.5. The van der Waals surface area contributed by atoms with Crippen LogP contribution in [-0.4, -0.2) is 9.55 Å². The molecule has 0 atom stereocenters. The lowest BCUT2D eigenvalue weighted by Gasteiger charge is -2.18. The molecular formula is C29H30N2O. The van der Waals surface area contributed by atoms with E-state index >= 15 is 0 Å². The number of unbranched alkanes of at least 4 members (excludes halogenated alkanes) is 3. The van der Waals surface area contributed by atoms with Crippen LogP contribution in [0.3, 0.4) is 0 Å². The first kappa shape index (κ1) is 21.8. The second-order valence-corrected chi connectivity index (χ2v) is 8.38. The molecule has 32 heavy (non-hydrogen) atoms. The molecule has 0 spiro atoms. The summed E-state index contributed by atoms with van der Waals surface area (Å²) in [6, 6.07) is 16.1. The summed E-state index contributed by atoms with van der Waals surface area (Å²) >= 11 is 0. The second-order valence-electron chi connectivity index (χ2n) is 8.38. The summed E-state index contributed by atoms with van der Waals surface area (Å²) in [6.45, 7) is 6.45. The fourth-order valence-corrected chi connectivity index (χ4v) is 4.23. The minimum absolute atomic E-state index is 0.0295. The first-order valence-electron chi connectivity index (χ1n) is 11.7. The Balaban J connectivity index is 2.12. The summed E-state index contributed by atoms with van der Waals surface area (Å²) in [6.07, 6.45) is 7.82. The van der Waals surface area contributed by atoms with Crippen LogP contribution in [-0.2, 0) is 6.42 Å². The lowest BCUT2D eigenvalue weighted by Crippen LogP contribution is -2.24. The average molecular weight is 423 g/mol. The number of hydrogen-bond donors (Lipinski definition) is 0. The Morgan fingerprint density at radius 2 is 1.78 bits per heavy atom. The van der Waals surface area contributed by atoms with Gasteiger partial charge in [0.25, 0.3) is 5.56 Å². The van der Waals surface area contributed by atoms with E-state index in [9.17, 15) is 4.79 Å². The van der Waals surface area contributed by atoms with Crippen LogP contribution < -0.4 is 5.56 Å². The maximum absolute atomic E-state index is 13.9. The number of aryl methyl sites for hydroxylation is 2. The Kier molecular flexibility index (Phi) is 6.71. The standard InChI is InChI=1S/C29H30N2O/c1-4-6-8-9-15-26-23(14-7-5-2)25-20-21(3)17-18-24(25)29(32)31(26)27-16-10-12-22-13-11-19-30-28(22)27/h10-13,16-20H,4-8,14H2,1-3H3. The van der Waals surface area contributed by atoms with Gasteiger partial charge in [-0.05, 0) is 61.3 Å². The van der Waals surface area contributed by atoms with E-state index in [0.717, 1.165) is 77.1 Å². The van der Waals surface area contributed by atoms with Gasteiger partial charge in [0.1, 0.15) is 5.69 Å². The van der Waals surface area contributed by atoms with E-state index in [1.54, 1.807) is 6.20 Å². The van der Waals surface area contributed by atoms with Crippen molar-refractivity contribution in [3.63, 3.8) is 0 Å². The van der Waals surface area contributed by atoms with Crippen molar-refractivity contribution in [3.8, 4) is 17.5 Å². The molecule has 4 aromatic rings. The van der Waals surface area contributed by atoms with Gasteiger partial charge in [0.2, 0.25) is 0 Å². The zero-order valence-electron chi connectivity index (χ0n) is 19.2. The quantitative estimate of drug-likeness (QED) is 0.255. The molecule has 0 aliphatic heterocycles. The van der Waals surface area contributed by atoms with Crippen molar-refractivity contribution >= 4 is 21.7 Å². The van der Waals surface area contributed by atoms with Gasteiger partial charge >= 0.3 is 0 Å². The lowest BCUT2D eigenvalue weighted by molar-refractivity contribution is 0.787. The van der Waals surface area contributed by atoms with E-state index in [2.05, 4.69) is 43.7 Å². The Labute approximate surface area is 190 Å². The Morgan fingerprint density at radius 1 is 0.969 bits per heavy atom. The molecule has 0 N–H and O–H groups in total. The Hall–Kier alpha value is -3.38. The van der Waals surface area contributed by atoms with Gasteiger partial charge < -0.3 is 0 Å². The van der Waals surface area contributed by atoms with Crippen LogP contribution in [0.15, 0.2) is 59.5 Å². The van der Waals surface area contributed by atoms with Crippen molar-refractivity contribution in [1.29, 1.82) is 0 Å². The zero-order chi connectivity index (χ0) is 22.5. The molecule has 0 bridgehead atoms. The minimum atomic E-state index is -0.0295. The van der Waals surface area contributed by atoms with Crippen molar-refractivity contribution in [3.05, 3.63) is 81.9 Å². The first-order chi connectivity index (χ1) is 15.7. The summed E-state index contributed by atoms with van der Waals surface area (Å²) in [5.74, 6) is 6.78. The molecule has 162 valence electrons. The summed E-state index contributed by atoms with van der Waals surface area (Å²) in [7, 11) is 0. The molecule has 3 nitrogen and oxygen atoms in total. The largest absolute Gasteiger partial charge is 0.268 e. The molecule has 4 rings (SSSR count). The predicted octanol–water partition coefficient (Wildman–Crippen LogP) is 6.73. The maximum Gasteiger partial charge on any atom is 0.264 e. The van der Waals surface area contributed by atoms with Gasteiger partial charge in [0.05, 0.1) is 11.2 Å². The number of aromatic nitrogens is 2. The minimum Gasteiger partial charge on any atom is -0.268 e. The number of benzene rings is 2. The van der Waals surface area contributed by atoms with Gasteiger partial charge in [-0.2, -0.15) is 0 Å². The fraction of sp³-hybridized carbons (Fsp3) is 0.310. The van der Waals surface area contributed by atoms with Crippen LogP contribution in [0.1, 0.15) is 62.8 Å². The van der Waals surface area contributed by atoms with E-state index in [0.29, 0.717) is 0 Å². The molecule has 3 heteroatoms. The van der Waals surface area contributed by atoms with Crippen LogP contribution in [0.2, 0.25) is 0 Å². The highest BCUT2D eigenvalue weighted by atomic mass is 16.1. The molecule has 0 amide bonds. The highest BCUT2D eigenvalue weighted by molar-refractivity contribution is 5.90. The monoisotopic (exact) mass is 422 g/mol. The summed E-state index contributed by atoms with van der Waals surface area (Å²) in [5, 5.41) is 2.79. The highest BCUT2D eigenvalue weighted by Crippen LogP contribution is 2.27. The number of pyridine rings is 2. The Morgan fingerprint density at radius 3 is 2.59 bits per heavy atom. The van der Waals surface area contributed by atoms with Crippen LogP contribution in [0.5, 0.6) is 0 Å². The molecule has 0 saturated carbocycles. The van der Waals surface area contributed by atoms with E-state index in [1.165, 1.54) is 5.56 Å². The molecule has 2 aromatic carbocycles. The van der Waals surface area contributed by atoms with E-state index in [-0.39, 0.29) is 5.56 Å². The first-order valence-corrected chi connectivity index (χ1v) is 11.7. The van der Waals surface area contributed by atoms with Crippen molar-refractivity contribution in [2.24, 2.45) is 0 Å². The average Bonchev–Trinajstić information content (AvgIpc) is 2.81. The number of rotatable bonds is 6. The van der Waals surface area contributed by atoms with E-state index < -0.39 is 0 Å². The molecule has 0 fully saturated rings. The zero-order valence-corrected chi connectivity index (χ0v) is 19.2. The molecule has 0 unspecified atom stereocenters. The second kappa shape index (κ2) is 9.83. The fourth-order valence-electron chi connectivity index (χ4n) is 4.23. The lowest BCUT2D eigenvalue weighted by atomic mass is 9.97. The number of fused-ring (bicyclic) bond motifs is 2. The maximum atomic E-state index is 13.9. The molecule has 0 saturated heterocycles. The van der Waals surface area contributed by atoms with Crippen molar-refractivity contribution in [2.75, 3.05) is 0 Å². The van der Waals surface area contributed by atoms with Crippen LogP contribution in [0.25, 0.3) is 27.4 Å². The molecule has 2 aromatic heterocycles. The van der Waals surface area contributed by atoms with E-state index in [1.807, 2.05) is 47.0 Å². The van der Waals surface area contributed by atoms with Gasteiger partial charge in [0, 0.05) is 23.4 Å². The molecular weight excluding hydrogens is 392 g/mol. The van der Waals surface area contributed by atoms with E-state index in [4.69, 9.17) is 0 Å². The Bertz CT molecular complexity index is 1380. The smallest absolute Gasteiger partial charge is 0.264 e. The van der Waals surface area contributed by atoms with Crippen molar-refractivity contribution in [2.45, 2.75) is 59.3 Å². The van der Waals surface area contributed by atoms with Gasteiger partial charge in [-0.3, -0.25) is 14.3 Å². The van der Waals surface area contributed by atoms with Crippen LogP contribution in [0.4, 0.5) is 0 Å². The number of hydrogen-bond acceptors (Lipinski definition) is 2. The number of nitrogens with zero attached hydrogens (tertiary/aromatic N) is 2. The summed E-state index contributed by atoms with van der Waals surface area (Å²) < 4.78 is 1.82. The molecule has 0 aliphatic carbocycles. The third-order valence-corrected chi connectivity index (χ3v) is 5.94. The van der Waals surface area contributed by atoms with Gasteiger partial charge in [-0.1, -0.05) is 68.5 Å². The molecule has 2 heterocycles. The molecule has 0 aliphatic rings.